The van der Waals surface area contributed by atoms with Gasteiger partial charge in [-0.25, -0.2) is 9.18 Å². The van der Waals surface area contributed by atoms with Gasteiger partial charge in [-0.1, -0.05) is 74.5 Å². The summed E-state index contributed by atoms with van der Waals surface area (Å²) in [6.07, 6.45) is 0.406. The molecule has 10 heteroatoms. The highest BCUT2D eigenvalue weighted by Gasteiger charge is 2.35. The number of aliphatic hydroxyl groups is 1. The molecule has 1 aliphatic rings. The van der Waals surface area contributed by atoms with E-state index in [-0.39, 0.29) is 42.6 Å². The standard InChI is InChI=1S/C37H47FN4O5/c1-24(2)34(42-19-9-18-39-37(42)46)36(45)40-30(20-28-14-16-29(38)17-15-28)22-32(43)31(21-27-12-6-5-7-13-27)41-33(44)23-47-35-25(3)10-8-11-26(35)4/h5-8,10-17,24,30-32,34,43H,9,18-23H2,1-4H3,(H,39,46)(H,40,45)(H,41,44). The first-order valence-corrected chi connectivity index (χ1v) is 16.3. The number of rotatable bonds is 15. The molecule has 0 aliphatic carbocycles. The van der Waals surface area contributed by atoms with Crippen LogP contribution in [-0.4, -0.2) is 71.8 Å². The summed E-state index contributed by atoms with van der Waals surface area (Å²) in [5.74, 6) is -0.618. The third kappa shape index (κ3) is 10.3. The van der Waals surface area contributed by atoms with Crippen LogP contribution in [0.3, 0.4) is 0 Å². The largest absolute Gasteiger partial charge is 0.483 e. The van der Waals surface area contributed by atoms with E-state index in [9.17, 15) is 23.9 Å². The van der Waals surface area contributed by atoms with E-state index < -0.39 is 24.2 Å². The van der Waals surface area contributed by atoms with E-state index in [0.29, 0.717) is 31.7 Å². The summed E-state index contributed by atoms with van der Waals surface area (Å²) >= 11 is 0. The molecule has 4 N–H and O–H groups in total. The normalized spacial score (nSPS) is 15.7. The van der Waals surface area contributed by atoms with Crippen molar-refractivity contribution in [3.8, 4) is 5.75 Å². The first-order valence-electron chi connectivity index (χ1n) is 16.3. The number of nitrogens with one attached hydrogen (secondary N) is 3. The molecular formula is C37H47FN4O5. The number of hydrogen-bond acceptors (Lipinski definition) is 5. The third-order valence-electron chi connectivity index (χ3n) is 8.48. The van der Waals surface area contributed by atoms with Crippen LogP contribution >= 0.6 is 0 Å². The van der Waals surface area contributed by atoms with Gasteiger partial charge < -0.3 is 30.7 Å². The number of urea groups is 1. The van der Waals surface area contributed by atoms with Crippen molar-refractivity contribution in [3.63, 3.8) is 0 Å². The number of halogens is 1. The van der Waals surface area contributed by atoms with Crippen LogP contribution in [0.5, 0.6) is 5.75 Å². The summed E-state index contributed by atoms with van der Waals surface area (Å²) in [5.41, 5.74) is 3.52. The van der Waals surface area contributed by atoms with Crippen LogP contribution in [0.25, 0.3) is 0 Å². The predicted molar refractivity (Wildman–Crippen MR) is 179 cm³/mol. The van der Waals surface area contributed by atoms with Gasteiger partial charge in [0.05, 0.1) is 12.1 Å². The molecule has 1 aliphatic heterocycles. The summed E-state index contributed by atoms with van der Waals surface area (Å²) in [6, 6.07) is 19.0. The first kappa shape index (κ1) is 35.4. The predicted octanol–water partition coefficient (Wildman–Crippen LogP) is 4.47. The average Bonchev–Trinajstić information content (AvgIpc) is 3.03. The van der Waals surface area contributed by atoms with Gasteiger partial charge in [0.25, 0.3) is 5.91 Å². The minimum absolute atomic E-state index is 0.0929. The Bertz CT molecular complexity index is 1460. The van der Waals surface area contributed by atoms with Crippen LogP contribution in [0.15, 0.2) is 72.8 Å². The van der Waals surface area contributed by atoms with Crippen LogP contribution in [0.2, 0.25) is 0 Å². The number of hydrogen-bond donors (Lipinski definition) is 4. The molecule has 9 nitrogen and oxygen atoms in total. The maximum atomic E-state index is 13.8. The summed E-state index contributed by atoms with van der Waals surface area (Å²) in [4.78, 5) is 41.3. The van der Waals surface area contributed by atoms with Crippen molar-refractivity contribution in [2.75, 3.05) is 19.7 Å². The zero-order chi connectivity index (χ0) is 33.9. The van der Waals surface area contributed by atoms with Gasteiger partial charge in [0.2, 0.25) is 5.91 Å². The molecule has 47 heavy (non-hydrogen) atoms. The Morgan fingerprint density at radius 1 is 0.936 bits per heavy atom. The van der Waals surface area contributed by atoms with Crippen molar-refractivity contribution in [1.82, 2.24) is 20.9 Å². The van der Waals surface area contributed by atoms with Gasteiger partial charge in [-0.3, -0.25) is 9.59 Å². The maximum absolute atomic E-state index is 13.8. The Kier molecular flexibility index (Phi) is 12.8. The molecule has 3 aromatic carbocycles. The van der Waals surface area contributed by atoms with Gasteiger partial charge in [-0.05, 0) is 79.8 Å². The molecule has 0 aromatic heterocycles. The Labute approximate surface area is 276 Å². The lowest BCUT2D eigenvalue weighted by atomic mass is 9.92. The molecule has 0 bridgehead atoms. The average molecular weight is 647 g/mol. The fourth-order valence-electron chi connectivity index (χ4n) is 6.12. The second kappa shape index (κ2) is 16.9. The quantitative estimate of drug-likeness (QED) is 0.194. The van der Waals surface area contributed by atoms with Crippen LogP contribution in [0, 0.1) is 25.6 Å². The van der Waals surface area contributed by atoms with Crippen molar-refractivity contribution >= 4 is 17.8 Å². The van der Waals surface area contributed by atoms with Crippen molar-refractivity contribution in [2.45, 2.75) is 77.6 Å². The van der Waals surface area contributed by atoms with Crippen LogP contribution < -0.4 is 20.7 Å². The first-order chi connectivity index (χ1) is 22.5. The van der Waals surface area contributed by atoms with Crippen molar-refractivity contribution in [2.24, 2.45) is 5.92 Å². The van der Waals surface area contributed by atoms with Gasteiger partial charge in [0.1, 0.15) is 17.6 Å². The number of nitrogens with zero attached hydrogens (tertiary/aromatic N) is 1. The van der Waals surface area contributed by atoms with Gasteiger partial charge >= 0.3 is 6.03 Å². The molecule has 4 amide bonds. The van der Waals surface area contributed by atoms with E-state index in [1.54, 1.807) is 17.0 Å². The molecule has 1 fully saturated rings. The molecule has 1 saturated heterocycles. The molecule has 1 heterocycles. The van der Waals surface area contributed by atoms with Crippen molar-refractivity contribution in [3.05, 3.63) is 101 Å². The summed E-state index contributed by atoms with van der Waals surface area (Å²) in [6.45, 7) is 8.41. The minimum Gasteiger partial charge on any atom is -0.483 e. The molecule has 4 rings (SSSR count). The fourth-order valence-corrected chi connectivity index (χ4v) is 6.12. The fraction of sp³-hybridized carbons (Fsp3) is 0.432. The van der Waals surface area contributed by atoms with E-state index >= 15 is 0 Å². The van der Waals surface area contributed by atoms with E-state index in [0.717, 1.165) is 28.7 Å². The highest BCUT2D eigenvalue weighted by atomic mass is 19.1. The second-order valence-corrected chi connectivity index (χ2v) is 12.7. The number of amides is 4. The lowest BCUT2D eigenvalue weighted by Crippen LogP contribution is -2.59. The monoisotopic (exact) mass is 646 g/mol. The van der Waals surface area contributed by atoms with Crippen LogP contribution in [-0.2, 0) is 22.4 Å². The maximum Gasteiger partial charge on any atom is 0.318 e. The number of para-hydroxylation sites is 1. The second-order valence-electron chi connectivity index (χ2n) is 12.7. The molecule has 4 atom stereocenters. The van der Waals surface area contributed by atoms with E-state index in [2.05, 4.69) is 16.0 Å². The number of ether oxygens (including phenoxy) is 1. The number of aryl methyl sites for hydroxylation is 2. The molecule has 4 unspecified atom stereocenters. The van der Waals surface area contributed by atoms with Gasteiger partial charge in [0.15, 0.2) is 6.61 Å². The molecule has 3 aromatic rings. The SMILES string of the molecule is Cc1cccc(C)c1OCC(=O)NC(Cc1ccccc1)C(O)CC(Cc1ccc(F)cc1)NC(=O)C(C(C)C)N1CCCNC1=O. The smallest absolute Gasteiger partial charge is 0.318 e. The zero-order valence-corrected chi connectivity index (χ0v) is 27.7. The topological polar surface area (TPSA) is 120 Å². The number of aliphatic hydroxyl groups excluding tert-OH is 1. The highest BCUT2D eigenvalue weighted by molar-refractivity contribution is 5.87. The molecule has 0 saturated carbocycles. The Morgan fingerprint density at radius 2 is 1.60 bits per heavy atom. The molecule has 252 valence electrons. The molecule has 0 radical (unpaired) electrons. The summed E-state index contributed by atoms with van der Waals surface area (Å²) < 4.78 is 19.6. The van der Waals surface area contributed by atoms with Crippen LogP contribution in [0.4, 0.5) is 9.18 Å². The number of benzene rings is 3. The highest BCUT2D eigenvalue weighted by Crippen LogP contribution is 2.22. The molecular weight excluding hydrogens is 599 g/mol. The van der Waals surface area contributed by atoms with E-state index in [1.165, 1.54) is 12.1 Å². The summed E-state index contributed by atoms with van der Waals surface area (Å²) in [7, 11) is 0. The van der Waals surface area contributed by atoms with Gasteiger partial charge in [-0.15, -0.1) is 0 Å². The summed E-state index contributed by atoms with van der Waals surface area (Å²) in [5, 5.41) is 20.6. The molecule has 0 spiro atoms. The van der Waals surface area contributed by atoms with Gasteiger partial charge in [0, 0.05) is 19.1 Å². The lowest BCUT2D eigenvalue weighted by Gasteiger charge is -2.37. The Morgan fingerprint density at radius 3 is 2.23 bits per heavy atom. The Balaban J connectivity index is 1.54. The zero-order valence-electron chi connectivity index (χ0n) is 27.7. The van der Waals surface area contributed by atoms with E-state index in [1.807, 2.05) is 76.2 Å². The van der Waals surface area contributed by atoms with Crippen LogP contribution in [0.1, 0.15) is 48.9 Å². The lowest BCUT2D eigenvalue weighted by molar-refractivity contribution is -0.128. The minimum atomic E-state index is -1.07. The van der Waals surface area contributed by atoms with Crippen molar-refractivity contribution < 1.29 is 28.6 Å². The van der Waals surface area contributed by atoms with Crippen molar-refractivity contribution in [1.29, 1.82) is 0 Å². The number of carbonyl (C=O) groups excluding carboxylic acids is 3. The third-order valence-corrected chi connectivity index (χ3v) is 8.48. The van der Waals surface area contributed by atoms with E-state index in [4.69, 9.17) is 4.74 Å². The van der Waals surface area contributed by atoms with Gasteiger partial charge in [-0.2, -0.15) is 0 Å². The number of carbonyl (C=O) groups is 3. The Hall–Kier alpha value is -4.44.